The van der Waals surface area contributed by atoms with Gasteiger partial charge in [0.25, 0.3) is 0 Å². The Bertz CT molecular complexity index is 1110. The molecule has 2 aromatic carbocycles. The highest BCUT2D eigenvalue weighted by molar-refractivity contribution is 7.17. The number of hydrogen-bond acceptors (Lipinski definition) is 3. The Morgan fingerprint density at radius 1 is 1.10 bits per heavy atom. The minimum atomic E-state index is -0.0849. The van der Waals surface area contributed by atoms with Gasteiger partial charge in [-0.25, -0.2) is 0 Å². The van der Waals surface area contributed by atoms with Crippen molar-refractivity contribution in [3.63, 3.8) is 0 Å². The largest absolute Gasteiger partial charge is 0.390 e. The van der Waals surface area contributed by atoms with Gasteiger partial charge in [0.2, 0.25) is 0 Å². The monoisotopic (exact) mass is 421 g/mol. The molecule has 1 aromatic heterocycles. The summed E-state index contributed by atoms with van der Waals surface area (Å²) in [5, 5.41) is 1.11. The second-order valence-electron chi connectivity index (χ2n) is 8.34. The highest BCUT2D eigenvalue weighted by Crippen LogP contribution is 2.36. The van der Waals surface area contributed by atoms with Crippen LogP contribution in [0.5, 0.6) is 0 Å². The second kappa shape index (κ2) is 8.45. The van der Waals surface area contributed by atoms with E-state index in [2.05, 4.69) is 32.6 Å². The summed E-state index contributed by atoms with van der Waals surface area (Å²) >= 11 is 7.36. The zero-order chi connectivity index (χ0) is 21.2. The highest BCUT2D eigenvalue weighted by Gasteiger charge is 2.26. The highest BCUT2D eigenvalue weighted by atomic mass is 35.5. The molecule has 3 aromatic rings. The van der Waals surface area contributed by atoms with Crippen LogP contribution in [0.4, 0.5) is 5.00 Å². The zero-order valence-electron chi connectivity index (χ0n) is 17.1. The first kappa shape index (κ1) is 21.2. The summed E-state index contributed by atoms with van der Waals surface area (Å²) in [7, 11) is 0. The summed E-state index contributed by atoms with van der Waals surface area (Å²) in [5.74, 6) is 6.42. The maximum atomic E-state index is 13.3. The minimum Gasteiger partial charge on any atom is -0.390 e. The lowest BCUT2D eigenvalue weighted by Crippen LogP contribution is -2.14. The van der Waals surface area contributed by atoms with E-state index in [4.69, 9.17) is 17.3 Å². The molecule has 4 heteroatoms. The van der Waals surface area contributed by atoms with Crippen molar-refractivity contribution in [2.24, 2.45) is 5.41 Å². The first-order chi connectivity index (χ1) is 13.6. The summed E-state index contributed by atoms with van der Waals surface area (Å²) in [6, 6.07) is 15.0. The molecule has 0 fully saturated rings. The number of aryl methyl sites for hydroxylation is 1. The Balaban J connectivity index is 2.09. The van der Waals surface area contributed by atoms with E-state index in [-0.39, 0.29) is 11.2 Å². The molecular weight excluding hydrogens is 398 g/mol. The van der Waals surface area contributed by atoms with E-state index in [1.165, 1.54) is 11.3 Å². The van der Waals surface area contributed by atoms with Gasteiger partial charge in [0.05, 0.1) is 15.4 Å². The number of carbonyl (C=O) groups is 1. The maximum absolute atomic E-state index is 13.3. The van der Waals surface area contributed by atoms with Gasteiger partial charge in [-0.3, -0.25) is 4.79 Å². The van der Waals surface area contributed by atoms with E-state index in [0.29, 0.717) is 27.6 Å². The van der Waals surface area contributed by atoms with E-state index in [1.807, 2.05) is 31.2 Å². The van der Waals surface area contributed by atoms with Crippen molar-refractivity contribution in [1.82, 2.24) is 0 Å². The van der Waals surface area contributed by atoms with E-state index in [1.54, 1.807) is 24.3 Å². The van der Waals surface area contributed by atoms with Crippen LogP contribution in [-0.2, 0) is 6.42 Å². The Morgan fingerprint density at radius 3 is 2.41 bits per heavy atom. The molecule has 0 atom stereocenters. The summed E-state index contributed by atoms with van der Waals surface area (Å²) in [5.41, 5.74) is 10.5. The van der Waals surface area contributed by atoms with Crippen LogP contribution in [-0.4, -0.2) is 5.78 Å². The van der Waals surface area contributed by atoms with Crippen LogP contribution in [0.2, 0.25) is 5.02 Å². The molecule has 148 valence electrons. The number of rotatable bonds is 3. The van der Waals surface area contributed by atoms with Crippen molar-refractivity contribution < 1.29 is 4.79 Å². The number of benzene rings is 2. The molecule has 0 saturated carbocycles. The molecule has 2 nitrogen and oxygen atoms in total. The molecule has 3 rings (SSSR count). The number of ketones is 1. The van der Waals surface area contributed by atoms with Crippen molar-refractivity contribution in [3.05, 3.63) is 86.2 Å². The van der Waals surface area contributed by atoms with Crippen LogP contribution in [0.25, 0.3) is 0 Å². The lowest BCUT2D eigenvalue weighted by atomic mass is 9.85. The molecule has 0 aliphatic rings. The molecule has 1 heterocycles. The Labute approximate surface area is 181 Å². The molecule has 0 aliphatic heterocycles. The summed E-state index contributed by atoms with van der Waals surface area (Å²) in [4.78, 5) is 14.1. The van der Waals surface area contributed by atoms with Gasteiger partial charge >= 0.3 is 0 Å². The lowest BCUT2D eigenvalue weighted by Gasteiger charge is -2.19. The van der Waals surface area contributed by atoms with Gasteiger partial charge in [-0.05, 0) is 66.3 Å². The molecule has 0 unspecified atom stereocenters. The number of nitrogen functional groups attached to an aromatic ring is 1. The average Bonchev–Trinajstić information content (AvgIpc) is 2.93. The standard InChI is InChI=1S/C25H24ClNOS/c1-16-6-5-7-17(14-16)8-13-21-20(15-25(2,3)4)22(24(27)29-21)23(28)18-9-11-19(26)12-10-18/h5-7,9-12,14H,15,27H2,1-4H3. The van der Waals surface area contributed by atoms with Crippen LogP contribution < -0.4 is 5.73 Å². The third-order valence-electron chi connectivity index (χ3n) is 4.41. The third kappa shape index (κ3) is 5.29. The van der Waals surface area contributed by atoms with Crippen LogP contribution in [0.3, 0.4) is 0 Å². The first-order valence-electron chi connectivity index (χ1n) is 9.44. The van der Waals surface area contributed by atoms with Crippen LogP contribution in [0, 0.1) is 24.2 Å². The molecular formula is C25H24ClNOS. The molecule has 2 N–H and O–H groups in total. The Kier molecular flexibility index (Phi) is 6.17. The number of nitrogens with two attached hydrogens (primary N) is 1. The van der Waals surface area contributed by atoms with Gasteiger partial charge < -0.3 is 5.73 Å². The predicted octanol–water partition coefficient (Wildman–Crippen LogP) is 6.51. The van der Waals surface area contributed by atoms with Gasteiger partial charge in [0, 0.05) is 16.1 Å². The topological polar surface area (TPSA) is 43.1 Å². The van der Waals surface area contributed by atoms with Crippen molar-refractivity contribution in [1.29, 1.82) is 0 Å². The fourth-order valence-electron chi connectivity index (χ4n) is 3.13. The SMILES string of the molecule is Cc1cccc(C#Cc2sc(N)c(C(=O)c3ccc(Cl)cc3)c2CC(C)(C)C)c1. The molecule has 0 saturated heterocycles. The number of thiophene rings is 1. The number of hydrogen-bond donors (Lipinski definition) is 1. The molecule has 0 spiro atoms. The average molecular weight is 422 g/mol. The van der Waals surface area contributed by atoms with Gasteiger partial charge in [0.1, 0.15) is 0 Å². The number of halogens is 1. The maximum Gasteiger partial charge on any atom is 0.196 e. The minimum absolute atomic E-state index is 0.0116. The van der Waals surface area contributed by atoms with Crippen LogP contribution in [0.15, 0.2) is 48.5 Å². The molecule has 0 aliphatic carbocycles. The van der Waals surface area contributed by atoms with E-state index >= 15 is 0 Å². The Hall–Kier alpha value is -2.54. The van der Waals surface area contributed by atoms with Crippen molar-refractivity contribution in [2.45, 2.75) is 34.1 Å². The fraction of sp³-hybridized carbons (Fsp3) is 0.240. The number of carbonyl (C=O) groups excluding carboxylic acids is 1. The smallest absolute Gasteiger partial charge is 0.196 e. The van der Waals surface area contributed by atoms with Crippen molar-refractivity contribution in [3.8, 4) is 11.8 Å². The molecule has 29 heavy (non-hydrogen) atoms. The van der Waals surface area contributed by atoms with Gasteiger partial charge in [-0.2, -0.15) is 0 Å². The van der Waals surface area contributed by atoms with E-state index in [0.717, 1.165) is 21.6 Å². The third-order valence-corrected chi connectivity index (χ3v) is 5.64. The van der Waals surface area contributed by atoms with E-state index < -0.39 is 0 Å². The van der Waals surface area contributed by atoms with Gasteiger partial charge in [-0.15, -0.1) is 11.3 Å². The fourth-order valence-corrected chi connectivity index (χ4v) is 4.19. The molecule has 0 radical (unpaired) electrons. The number of anilines is 1. The molecule has 0 bridgehead atoms. The summed E-state index contributed by atoms with van der Waals surface area (Å²) in [6.45, 7) is 8.49. The first-order valence-corrected chi connectivity index (χ1v) is 10.6. The van der Waals surface area contributed by atoms with Gasteiger partial charge in [0.15, 0.2) is 5.78 Å². The predicted molar refractivity (Wildman–Crippen MR) is 124 cm³/mol. The molecule has 0 amide bonds. The second-order valence-corrected chi connectivity index (χ2v) is 9.83. The zero-order valence-corrected chi connectivity index (χ0v) is 18.7. The summed E-state index contributed by atoms with van der Waals surface area (Å²) in [6.07, 6.45) is 0.715. The van der Waals surface area contributed by atoms with Crippen molar-refractivity contribution in [2.75, 3.05) is 5.73 Å². The summed E-state index contributed by atoms with van der Waals surface area (Å²) < 4.78 is 0. The quantitative estimate of drug-likeness (QED) is 0.386. The lowest BCUT2D eigenvalue weighted by molar-refractivity contribution is 0.103. The van der Waals surface area contributed by atoms with E-state index in [9.17, 15) is 4.79 Å². The van der Waals surface area contributed by atoms with Crippen molar-refractivity contribution >= 4 is 33.7 Å². The van der Waals surface area contributed by atoms with Crippen LogP contribution >= 0.6 is 22.9 Å². The normalized spacial score (nSPS) is 11.1. The van der Waals surface area contributed by atoms with Crippen LogP contribution in [0.1, 0.15) is 58.3 Å². The Morgan fingerprint density at radius 2 is 1.79 bits per heavy atom. The van der Waals surface area contributed by atoms with Gasteiger partial charge in [-0.1, -0.05) is 56.3 Å².